The summed E-state index contributed by atoms with van der Waals surface area (Å²) in [7, 11) is 0. The predicted octanol–water partition coefficient (Wildman–Crippen LogP) is 2.53. The topological polar surface area (TPSA) is 23.5 Å². The third kappa shape index (κ3) is 2.88. The molecule has 1 aromatic carbocycles. The van der Waals surface area contributed by atoms with Crippen molar-refractivity contribution in [3.05, 3.63) is 35.9 Å². The third-order valence-electron chi connectivity index (χ3n) is 4.26. The molecule has 1 heterocycles. The van der Waals surface area contributed by atoms with E-state index in [4.69, 9.17) is 0 Å². The van der Waals surface area contributed by atoms with Gasteiger partial charge in [0, 0.05) is 25.1 Å². The van der Waals surface area contributed by atoms with Crippen molar-refractivity contribution in [3.8, 4) is 0 Å². The molecule has 2 rings (SSSR count). The minimum Gasteiger partial charge on any atom is -0.396 e. The first-order valence-corrected chi connectivity index (χ1v) is 6.51. The van der Waals surface area contributed by atoms with Gasteiger partial charge in [-0.05, 0) is 24.4 Å². The van der Waals surface area contributed by atoms with E-state index in [1.165, 1.54) is 12.0 Å². The smallest absolute Gasteiger partial charge is 0.0499 e. The minimum absolute atomic E-state index is 0.0625. The van der Waals surface area contributed by atoms with Crippen molar-refractivity contribution < 1.29 is 5.11 Å². The summed E-state index contributed by atoms with van der Waals surface area (Å²) in [6.07, 6.45) is 1.18. The van der Waals surface area contributed by atoms with E-state index in [9.17, 15) is 5.11 Å². The van der Waals surface area contributed by atoms with Crippen LogP contribution >= 0.6 is 0 Å². The molecule has 2 atom stereocenters. The molecule has 94 valence electrons. The zero-order valence-electron chi connectivity index (χ0n) is 10.9. The third-order valence-corrected chi connectivity index (χ3v) is 4.26. The second kappa shape index (κ2) is 5.19. The van der Waals surface area contributed by atoms with Gasteiger partial charge < -0.3 is 5.11 Å². The van der Waals surface area contributed by atoms with Crippen LogP contribution in [0, 0.1) is 11.3 Å². The molecule has 1 saturated heterocycles. The summed E-state index contributed by atoms with van der Waals surface area (Å²) in [6.45, 7) is 7.90. The van der Waals surface area contributed by atoms with Gasteiger partial charge in [0.1, 0.15) is 0 Å². The summed E-state index contributed by atoms with van der Waals surface area (Å²) >= 11 is 0. The van der Waals surface area contributed by atoms with Crippen LogP contribution in [0.4, 0.5) is 0 Å². The Bertz CT molecular complexity index is 351. The van der Waals surface area contributed by atoms with Gasteiger partial charge >= 0.3 is 0 Å². The van der Waals surface area contributed by atoms with Crippen LogP contribution in [-0.4, -0.2) is 29.7 Å². The highest BCUT2D eigenvalue weighted by Gasteiger charge is 2.36. The summed E-state index contributed by atoms with van der Waals surface area (Å²) in [5.74, 6) is 0.611. The zero-order valence-corrected chi connectivity index (χ0v) is 10.9. The molecule has 17 heavy (non-hydrogen) atoms. The Morgan fingerprint density at radius 3 is 2.71 bits per heavy atom. The number of benzene rings is 1. The number of rotatable bonds is 3. The molecular weight excluding hydrogens is 210 g/mol. The normalized spacial score (nSPS) is 30.4. The summed E-state index contributed by atoms with van der Waals surface area (Å²) < 4.78 is 0. The number of piperidine rings is 1. The lowest BCUT2D eigenvalue weighted by Crippen LogP contribution is -2.47. The standard InChI is InChI=1S/C15H23NO/c1-13-8-9-16(11-15(13,2)12-17)10-14-6-4-3-5-7-14/h3-7,13,17H,8-12H2,1-2H3/t13-,15+/m1/s1. The van der Waals surface area contributed by atoms with Crippen molar-refractivity contribution in [1.29, 1.82) is 0 Å². The average molecular weight is 233 g/mol. The fourth-order valence-electron chi connectivity index (χ4n) is 2.65. The van der Waals surface area contributed by atoms with Gasteiger partial charge in [0.05, 0.1) is 0 Å². The highest BCUT2D eigenvalue weighted by Crippen LogP contribution is 2.34. The van der Waals surface area contributed by atoms with Crippen LogP contribution in [0.25, 0.3) is 0 Å². The summed E-state index contributed by atoms with van der Waals surface area (Å²) in [5, 5.41) is 9.58. The highest BCUT2D eigenvalue weighted by atomic mass is 16.3. The number of likely N-dealkylation sites (tertiary alicyclic amines) is 1. The van der Waals surface area contributed by atoms with Gasteiger partial charge in [0.25, 0.3) is 0 Å². The Labute approximate surface area is 104 Å². The fourth-order valence-corrected chi connectivity index (χ4v) is 2.65. The minimum atomic E-state index is 0.0625. The van der Waals surface area contributed by atoms with Crippen LogP contribution in [-0.2, 0) is 6.54 Å². The first-order valence-electron chi connectivity index (χ1n) is 6.51. The van der Waals surface area contributed by atoms with E-state index in [-0.39, 0.29) is 5.41 Å². The van der Waals surface area contributed by atoms with E-state index < -0.39 is 0 Å². The second-order valence-electron chi connectivity index (χ2n) is 5.70. The maximum Gasteiger partial charge on any atom is 0.0499 e. The van der Waals surface area contributed by atoms with Crippen molar-refractivity contribution in [2.45, 2.75) is 26.8 Å². The molecule has 0 aliphatic carbocycles. The molecule has 0 amide bonds. The van der Waals surface area contributed by atoms with Crippen molar-refractivity contribution in [2.24, 2.45) is 11.3 Å². The second-order valence-corrected chi connectivity index (χ2v) is 5.70. The highest BCUT2D eigenvalue weighted by molar-refractivity contribution is 5.14. The average Bonchev–Trinajstić information content (AvgIpc) is 2.35. The number of hydrogen-bond acceptors (Lipinski definition) is 2. The zero-order chi connectivity index (χ0) is 12.3. The molecule has 0 bridgehead atoms. The van der Waals surface area contributed by atoms with Crippen molar-refractivity contribution in [2.75, 3.05) is 19.7 Å². The number of aliphatic hydroxyl groups excluding tert-OH is 1. The SMILES string of the molecule is C[C@@H]1CCN(Cc2ccccc2)C[C@@]1(C)CO. The molecule has 0 saturated carbocycles. The lowest BCUT2D eigenvalue weighted by atomic mass is 9.74. The molecule has 0 radical (unpaired) electrons. The molecule has 1 fully saturated rings. The molecule has 0 unspecified atom stereocenters. The Morgan fingerprint density at radius 2 is 2.06 bits per heavy atom. The monoisotopic (exact) mass is 233 g/mol. The first kappa shape index (κ1) is 12.6. The van der Waals surface area contributed by atoms with E-state index in [2.05, 4.69) is 49.1 Å². The van der Waals surface area contributed by atoms with E-state index in [0.717, 1.165) is 19.6 Å². The molecule has 1 aliphatic rings. The van der Waals surface area contributed by atoms with Gasteiger partial charge in [-0.1, -0.05) is 44.2 Å². The van der Waals surface area contributed by atoms with Gasteiger partial charge in [0.15, 0.2) is 0 Å². The Morgan fingerprint density at radius 1 is 1.35 bits per heavy atom. The van der Waals surface area contributed by atoms with Crippen molar-refractivity contribution in [3.63, 3.8) is 0 Å². The number of aliphatic hydroxyl groups is 1. The lowest BCUT2D eigenvalue weighted by Gasteiger charge is -2.44. The fraction of sp³-hybridized carbons (Fsp3) is 0.600. The summed E-state index contributed by atoms with van der Waals surface area (Å²) in [6, 6.07) is 10.6. The first-order chi connectivity index (χ1) is 8.14. The van der Waals surface area contributed by atoms with Crippen LogP contribution in [0.2, 0.25) is 0 Å². The van der Waals surface area contributed by atoms with Crippen LogP contribution in [0.1, 0.15) is 25.8 Å². The van der Waals surface area contributed by atoms with E-state index >= 15 is 0 Å². The van der Waals surface area contributed by atoms with Gasteiger partial charge in [-0.15, -0.1) is 0 Å². The molecule has 1 N–H and O–H groups in total. The van der Waals surface area contributed by atoms with Crippen LogP contribution in [0.3, 0.4) is 0 Å². The largest absolute Gasteiger partial charge is 0.396 e. The quantitative estimate of drug-likeness (QED) is 0.867. The summed E-state index contributed by atoms with van der Waals surface area (Å²) in [5.41, 5.74) is 1.43. The van der Waals surface area contributed by atoms with Gasteiger partial charge in [-0.2, -0.15) is 0 Å². The molecular formula is C15H23NO. The van der Waals surface area contributed by atoms with E-state index in [1.54, 1.807) is 0 Å². The number of nitrogens with zero attached hydrogens (tertiary/aromatic N) is 1. The van der Waals surface area contributed by atoms with Crippen molar-refractivity contribution >= 4 is 0 Å². The molecule has 0 spiro atoms. The molecule has 2 nitrogen and oxygen atoms in total. The molecule has 1 aromatic rings. The van der Waals surface area contributed by atoms with Crippen LogP contribution < -0.4 is 0 Å². The molecule has 0 aromatic heterocycles. The number of hydrogen-bond donors (Lipinski definition) is 1. The van der Waals surface area contributed by atoms with Gasteiger partial charge in [0.2, 0.25) is 0 Å². The summed E-state index contributed by atoms with van der Waals surface area (Å²) in [4.78, 5) is 2.46. The van der Waals surface area contributed by atoms with Crippen LogP contribution in [0.15, 0.2) is 30.3 Å². The van der Waals surface area contributed by atoms with E-state index in [1.807, 2.05) is 0 Å². The predicted molar refractivity (Wildman–Crippen MR) is 70.7 cm³/mol. The van der Waals surface area contributed by atoms with Gasteiger partial charge in [-0.3, -0.25) is 4.90 Å². The maximum atomic E-state index is 9.58. The molecule has 2 heteroatoms. The molecule has 1 aliphatic heterocycles. The Kier molecular flexibility index (Phi) is 3.85. The lowest BCUT2D eigenvalue weighted by molar-refractivity contribution is -0.000550. The van der Waals surface area contributed by atoms with Crippen molar-refractivity contribution in [1.82, 2.24) is 4.90 Å². The Hall–Kier alpha value is -0.860. The van der Waals surface area contributed by atoms with Crippen LogP contribution in [0.5, 0.6) is 0 Å². The maximum absolute atomic E-state index is 9.58. The Balaban J connectivity index is 2.00. The van der Waals surface area contributed by atoms with E-state index in [0.29, 0.717) is 12.5 Å². The van der Waals surface area contributed by atoms with Gasteiger partial charge in [-0.25, -0.2) is 0 Å².